The Hall–Kier alpha value is -1.88. The molecule has 2 aromatic rings. The van der Waals surface area contributed by atoms with Gasteiger partial charge in [0.1, 0.15) is 0 Å². The number of pyridine rings is 1. The Kier molecular flexibility index (Phi) is 3.44. The van der Waals surface area contributed by atoms with Crippen LogP contribution in [-0.2, 0) is 7.05 Å². The lowest BCUT2D eigenvalue weighted by Crippen LogP contribution is -2.29. The zero-order chi connectivity index (χ0) is 14.1. The summed E-state index contributed by atoms with van der Waals surface area (Å²) >= 11 is 5.48. The van der Waals surface area contributed by atoms with Crippen molar-refractivity contribution in [1.29, 1.82) is 0 Å². The molecular formula is C15H18N4S. The van der Waals surface area contributed by atoms with E-state index >= 15 is 0 Å². The van der Waals surface area contributed by atoms with Crippen LogP contribution in [0.5, 0.6) is 0 Å². The van der Waals surface area contributed by atoms with Gasteiger partial charge in [-0.15, -0.1) is 0 Å². The summed E-state index contributed by atoms with van der Waals surface area (Å²) in [4.78, 5) is 6.72. The summed E-state index contributed by atoms with van der Waals surface area (Å²) in [5, 5.41) is 4.22. The van der Waals surface area contributed by atoms with Crippen LogP contribution in [0, 0.1) is 0 Å². The Bertz CT molecular complexity index is 607. The van der Waals surface area contributed by atoms with Crippen molar-refractivity contribution >= 4 is 17.3 Å². The number of aromatic nitrogens is 2. The third-order valence-electron chi connectivity index (χ3n) is 3.73. The van der Waals surface area contributed by atoms with Crippen LogP contribution < -0.4 is 5.32 Å². The van der Waals surface area contributed by atoms with Gasteiger partial charge in [-0.2, -0.15) is 0 Å². The van der Waals surface area contributed by atoms with E-state index < -0.39 is 0 Å². The van der Waals surface area contributed by atoms with Gasteiger partial charge in [0.05, 0.1) is 17.8 Å². The smallest absolute Gasteiger partial charge is 0.170 e. The van der Waals surface area contributed by atoms with E-state index in [1.165, 1.54) is 5.56 Å². The fourth-order valence-electron chi connectivity index (χ4n) is 2.81. The van der Waals surface area contributed by atoms with Gasteiger partial charge in [-0.3, -0.25) is 4.98 Å². The predicted molar refractivity (Wildman–Crippen MR) is 83.2 cm³/mol. The van der Waals surface area contributed by atoms with Crippen molar-refractivity contribution < 1.29 is 0 Å². The van der Waals surface area contributed by atoms with Crippen molar-refractivity contribution in [3.8, 4) is 0 Å². The normalized spacial score (nSPS) is 22.1. The van der Waals surface area contributed by atoms with Gasteiger partial charge >= 0.3 is 0 Å². The topological polar surface area (TPSA) is 33.1 Å². The van der Waals surface area contributed by atoms with Gasteiger partial charge in [-0.1, -0.05) is 6.07 Å². The van der Waals surface area contributed by atoms with E-state index in [2.05, 4.69) is 51.2 Å². The second-order valence-electron chi connectivity index (χ2n) is 5.02. The first-order valence-electron chi connectivity index (χ1n) is 6.80. The number of nitrogens with zero attached hydrogens (tertiary/aromatic N) is 3. The zero-order valence-electron chi connectivity index (χ0n) is 11.7. The number of thiocarbonyl (C=S) groups is 1. The molecular weight excluding hydrogens is 268 g/mol. The van der Waals surface area contributed by atoms with E-state index in [9.17, 15) is 0 Å². The minimum absolute atomic E-state index is 0.103. The zero-order valence-corrected chi connectivity index (χ0v) is 12.5. The van der Waals surface area contributed by atoms with Crippen molar-refractivity contribution in [3.05, 3.63) is 54.1 Å². The van der Waals surface area contributed by atoms with Gasteiger partial charge in [-0.25, -0.2) is 0 Å². The highest BCUT2D eigenvalue weighted by atomic mass is 32.1. The number of hydrogen-bond acceptors (Lipinski definition) is 2. The van der Waals surface area contributed by atoms with Crippen molar-refractivity contribution in [3.63, 3.8) is 0 Å². The lowest BCUT2D eigenvalue weighted by molar-refractivity contribution is 0.330. The molecule has 0 saturated carbocycles. The molecule has 2 atom stereocenters. The quantitative estimate of drug-likeness (QED) is 0.879. The maximum absolute atomic E-state index is 5.48. The third kappa shape index (κ3) is 2.18. The molecule has 0 radical (unpaired) electrons. The Morgan fingerprint density at radius 3 is 2.80 bits per heavy atom. The lowest BCUT2D eigenvalue weighted by atomic mass is 9.99. The number of nitrogens with one attached hydrogen (secondary N) is 1. The van der Waals surface area contributed by atoms with Crippen LogP contribution in [0.2, 0.25) is 0 Å². The highest BCUT2D eigenvalue weighted by Gasteiger charge is 2.39. The maximum Gasteiger partial charge on any atom is 0.170 e. The van der Waals surface area contributed by atoms with E-state index in [1.54, 1.807) is 0 Å². The SMILES string of the molecule is CCN1C(=S)NC(c2ccccn2)C1c1ccn(C)c1. The molecule has 1 N–H and O–H groups in total. The molecule has 0 spiro atoms. The van der Waals surface area contributed by atoms with Gasteiger partial charge in [0.15, 0.2) is 5.11 Å². The summed E-state index contributed by atoms with van der Waals surface area (Å²) in [5.41, 5.74) is 2.29. The summed E-state index contributed by atoms with van der Waals surface area (Å²) < 4.78 is 2.07. The number of likely N-dealkylation sites (N-methyl/N-ethyl adjacent to an activating group) is 1. The summed E-state index contributed by atoms with van der Waals surface area (Å²) in [6, 6.07) is 8.46. The van der Waals surface area contributed by atoms with E-state index in [0.717, 1.165) is 17.4 Å². The highest BCUT2D eigenvalue weighted by Crippen LogP contribution is 2.38. The van der Waals surface area contributed by atoms with Crippen LogP contribution in [0.25, 0.3) is 0 Å². The molecule has 4 nitrogen and oxygen atoms in total. The monoisotopic (exact) mass is 286 g/mol. The van der Waals surface area contributed by atoms with Crippen molar-refractivity contribution in [2.45, 2.75) is 19.0 Å². The number of rotatable bonds is 3. The Labute approximate surface area is 124 Å². The molecule has 1 saturated heterocycles. The molecule has 0 amide bonds. The largest absolute Gasteiger partial charge is 0.357 e. The maximum atomic E-state index is 5.48. The first-order chi connectivity index (χ1) is 9.70. The Balaban J connectivity index is 2.02. The minimum Gasteiger partial charge on any atom is -0.357 e. The molecule has 0 bridgehead atoms. The van der Waals surface area contributed by atoms with Gasteiger partial charge in [0, 0.05) is 32.2 Å². The highest BCUT2D eigenvalue weighted by molar-refractivity contribution is 7.80. The number of aryl methyl sites for hydroxylation is 1. The average molecular weight is 286 g/mol. The Morgan fingerprint density at radius 1 is 1.35 bits per heavy atom. The fraction of sp³-hybridized carbons (Fsp3) is 0.333. The summed E-state index contributed by atoms with van der Waals surface area (Å²) in [7, 11) is 2.04. The standard InChI is InChI=1S/C15H18N4S/c1-3-19-14(11-7-9-18(2)10-11)13(17-15(19)20)12-6-4-5-8-16-12/h4-10,13-14H,3H2,1-2H3,(H,17,20). The second-order valence-corrected chi connectivity index (χ2v) is 5.41. The van der Waals surface area contributed by atoms with Crippen LogP contribution in [0.15, 0.2) is 42.9 Å². The molecule has 3 heterocycles. The Morgan fingerprint density at radius 2 is 2.20 bits per heavy atom. The molecule has 20 heavy (non-hydrogen) atoms. The first-order valence-corrected chi connectivity index (χ1v) is 7.21. The van der Waals surface area contributed by atoms with E-state index in [1.807, 2.05) is 25.4 Å². The summed E-state index contributed by atoms with van der Waals surface area (Å²) in [5.74, 6) is 0. The minimum atomic E-state index is 0.103. The van der Waals surface area contributed by atoms with Gasteiger partial charge in [0.2, 0.25) is 0 Å². The predicted octanol–water partition coefficient (Wildman–Crippen LogP) is 2.41. The second kappa shape index (κ2) is 5.25. The molecule has 1 fully saturated rings. The fourth-order valence-corrected chi connectivity index (χ4v) is 3.18. The summed E-state index contributed by atoms with van der Waals surface area (Å²) in [6.07, 6.45) is 6.05. The van der Waals surface area contributed by atoms with Gasteiger partial charge in [-0.05, 0) is 42.9 Å². The van der Waals surface area contributed by atoms with E-state index in [4.69, 9.17) is 12.2 Å². The molecule has 0 aromatic carbocycles. The molecule has 2 unspecified atom stereocenters. The molecule has 104 valence electrons. The van der Waals surface area contributed by atoms with Gasteiger partial charge in [0.25, 0.3) is 0 Å². The van der Waals surface area contributed by atoms with Crippen molar-refractivity contribution in [2.75, 3.05) is 6.54 Å². The molecule has 5 heteroatoms. The molecule has 1 aliphatic rings. The molecule has 2 aromatic heterocycles. The van der Waals surface area contributed by atoms with Crippen LogP contribution in [0.3, 0.4) is 0 Å². The van der Waals surface area contributed by atoms with Crippen LogP contribution in [0.4, 0.5) is 0 Å². The molecule has 3 rings (SSSR count). The van der Waals surface area contributed by atoms with Crippen LogP contribution in [0.1, 0.15) is 30.3 Å². The van der Waals surface area contributed by atoms with Crippen LogP contribution in [-0.4, -0.2) is 26.1 Å². The van der Waals surface area contributed by atoms with Crippen molar-refractivity contribution in [1.82, 2.24) is 19.8 Å². The van der Waals surface area contributed by atoms with Crippen molar-refractivity contribution in [2.24, 2.45) is 7.05 Å². The average Bonchev–Trinajstić information content (AvgIpc) is 3.03. The van der Waals surface area contributed by atoms with E-state index in [0.29, 0.717) is 0 Å². The molecule has 1 aliphatic heterocycles. The van der Waals surface area contributed by atoms with E-state index in [-0.39, 0.29) is 12.1 Å². The third-order valence-corrected chi connectivity index (χ3v) is 4.09. The van der Waals surface area contributed by atoms with Crippen LogP contribution >= 0.6 is 12.2 Å². The lowest BCUT2D eigenvalue weighted by Gasteiger charge is -2.25. The van der Waals surface area contributed by atoms with Gasteiger partial charge < -0.3 is 14.8 Å². The number of hydrogen-bond donors (Lipinski definition) is 1. The first kappa shape index (κ1) is 13.1. The molecule has 0 aliphatic carbocycles. The summed E-state index contributed by atoms with van der Waals surface area (Å²) in [6.45, 7) is 3.01.